The second-order valence-corrected chi connectivity index (χ2v) is 8.19. The first kappa shape index (κ1) is 26.8. The van der Waals surface area contributed by atoms with Crippen molar-refractivity contribution < 1.29 is 33.3 Å². The van der Waals surface area contributed by atoms with Gasteiger partial charge in [0.05, 0.1) is 19.8 Å². The third-order valence-electron chi connectivity index (χ3n) is 5.66. The molecular weight excluding hydrogens is 464 g/mol. The van der Waals surface area contributed by atoms with Crippen molar-refractivity contribution in [1.82, 2.24) is 10.2 Å². The zero-order valence-electron chi connectivity index (χ0n) is 21.3. The average Bonchev–Trinajstić information content (AvgIpc) is 2.88. The van der Waals surface area contributed by atoms with Gasteiger partial charge in [-0.2, -0.15) is 0 Å². The Hall–Kier alpha value is -3.75. The molecule has 0 spiro atoms. The Bertz CT molecular complexity index is 1060. The predicted molar refractivity (Wildman–Crippen MR) is 133 cm³/mol. The van der Waals surface area contributed by atoms with Gasteiger partial charge in [-0.25, -0.2) is 0 Å². The van der Waals surface area contributed by atoms with E-state index in [2.05, 4.69) is 11.4 Å². The molecule has 3 rings (SSSR count). The molecule has 0 bridgehead atoms. The first-order valence-electron chi connectivity index (χ1n) is 12.3. The zero-order chi connectivity index (χ0) is 26.1. The van der Waals surface area contributed by atoms with Gasteiger partial charge in [-0.05, 0) is 57.4 Å². The second kappa shape index (κ2) is 12.8. The Kier molecular flexibility index (Phi) is 9.55. The molecule has 2 aromatic rings. The molecular formula is C27H34N2O7. The molecule has 1 aliphatic rings. The first-order chi connectivity index (χ1) is 17.4. The van der Waals surface area contributed by atoms with E-state index in [0.29, 0.717) is 50.2 Å². The molecule has 1 N–H and O–H groups in total. The number of amides is 2. The maximum Gasteiger partial charge on any atom is 0.326 e. The van der Waals surface area contributed by atoms with Gasteiger partial charge in [0.25, 0.3) is 11.8 Å². The lowest BCUT2D eigenvalue weighted by molar-refractivity contribution is -0.158. The minimum absolute atomic E-state index is 0.245. The van der Waals surface area contributed by atoms with E-state index in [1.54, 1.807) is 4.90 Å². The molecule has 36 heavy (non-hydrogen) atoms. The van der Waals surface area contributed by atoms with Gasteiger partial charge in [0.2, 0.25) is 5.75 Å². The van der Waals surface area contributed by atoms with Crippen molar-refractivity contribution in [2.75, 3.05) is 32.9 Å². The van der Waals surface area contributed by atoms with Crippen molar-refractivity contribution in [3.63, 3.8) is 0 Å². The third-order valence-corrected chi connectivity index (χ3v) is 5.66. The normalized spacial score (nSPS) is 13.3. The van der Waals surface area contributed by atoms with E-state index in [0.717, 1.165) is 12.0 Å². The maximum atomic E-state index is 12.8. The van der Waals surface area contributed by atoms with E-state index in [-0.39, 0.29) is 18.0 Å². The van der Waals surface area contributed by atoms with Crippen LogP contribution in [0.3, 0.4) is 0 Å². The van der Waals surface area contributed by atoms with Gasteiger partial charge in [0, 0.05) is 18.7 Å². The standard InChI is InChI=1S/C27H34N2O7/c1-5-33-22-14-21(15-23(34-6-2)25(22)35-7-3)26(31)28-16-24(30)36-18(4)27(32)29-13-12-19-10-8-9-11-20(19)17-29/h8-11,14-15,18H,5-7,12-13,16-17H2,1-4H3,(H,28,31)/t18-/m1/s1. The van der Waals surface area contributed by atoms with Gasteiger partial charge in [-0.1, -0.05) is 24.3 Å². The van der Waals surface area contributed by atoms with Gasteiger partial charge < -0.3 is 29.2 Å². The minimum Gasteiger partial charge on any atom is -0.490 e. The van der Waals surface area contributed by atoms with Gasteiger partial charge >= 0.3 is 5.97 Å². The number of nitrogens with one attached hydrogen (secondary N) is 1. The lowest BCUT2D eigenvalue weighted by Crippen LogP contribution is -2.43. The molecule has 0 fully saturated rings. The summed E-state index contributed by atoms with van der Waals surface area (Å²) in [4.78, 5) is 39.6. The van der Waals surface area contributed by atoms with E-state index >= 15 is 0 Å². The highest BCUT2D eigenvalue weighted by molar-refractivity contribution is 5.97. The predicted octanol–water partition coefficient (Wildman–Crippen LogP) is 3.13. The number of ether oxygens (including phenoxy) is 4. The molecule has 9 heteroatoms. The molecule has 0 unspecified atom stereocenters. The lowest BCUT2D eigenvalue weighted by atomic mass is 9.99. The van der Waals surface area contributed by atoms with Crippen LogP contribution in [-0.4, -0.2) is 61.7 Å². The van der Waals surface area contributed by atoms with E-state index in [4.69, 9.17) is 18.9 Å². The molecule has 0 radical (unpaired) electrons. The van der Waals surface area contributed by atoms with E-state index in [1.807, 2.05) is 39.0 Å². The third kappa shape index (κ3) is 6.68. The Morgan fingerprint density at radius 2 is 1.56 bits per heavy atom. The van der Waals surface area contributed by atoms with Crippen LogP contribution in [0.25, 0.3) is 0 Å². The average molecular weight is 499 g/mol. The fourth-order valence-corrected chi connectivity index (χ4v) is 4.00. The van der Waals surface area contributed by atoms with Crippen molar-refractivity contribution in [2.45, 2.75) is 46.8 Å². The minimum atomic E-state index is -0.959. The quantitative estimate of drug-likeness (QED) is 0.475. The monoisotopic (exact) mass is 498 g/mol. The van der Waals surface area contributed by atoms with Gasteiger partial charge in [0.1, 0.15) is 6.54 Å². The summed E-state index contributed by atoms with van der Waals surface area (Å²) in [6.45, 7) is 8.83. The highest BCUT2D eigenvalue weighted by Crippen LogP contribution is 2.39. The number of esters is 1. The Balaban J connectivity index is 1.58. The summed E-state index contributed by atoms with van der Waals surface area (Å²) in [7, 11) is 0. The molecule has 1 atom stereocenters. The van der Waals surface area contributed by atoms with Crippen molar-refractivity contribution in [3.8, 4) is 17.2 Å². The number of nitrogens with zero attached hydrogens (tertiary/aromatic N) is 1. The second-order valence-electron chi connectivity index (χ2n) is 8.19. The van der Waals surface area contributed by atoms with Crippen molar-refractivity contribution in [3.05, 3.63) is 53.1 Å². The largest absolute Gasteiger partial charge is 0.490 e. The maximum absolute atomic E-state index is 12.8. The number of hydrogen-bond acceptors (Lipinski definition) is 7. The molecule has 1 aliphatic heterocycles. The van der Waals surface area contributed by atoms with Crippen LogP contribution in [-0.2, 0) is 27.3 Å². The molecule has 0 aliphatic carbocycles. The fourth-order valence-electron chi connectivity index (χ4n) is 4.00. The number of carbonyl (C=O) groups excluding carboxylic acids is 3. The summed E-state index contributed by atoms with van der Waals surface area (Å²) in [5.74, 6) is -0.310. The van der Waals surface area contributed by atoms with Gasteiger partial charge in [-0.3, -0.25) is 14.4 Å². The van der Waals surface area contributed by atoms with Crippen molar-refractivity contribution >= 4 is 17.8 Å². The lowest BCUT2D eigenvalue weighted by Gasteiger charge is -2.30. The van der Waals surface area contributed by atoms with Crippen LogP contribution < -0.4 is 19.5 Å². The van der Waals surface area contributed by atoms with Crippen LogP contribution in [0.4, 0.5) is 0 Å². The van der Waals surface area contributed by atoms with Crippen LogP contribution >= 0.6 is 0 Å². The molecule has 0 aromatic heterocycles. The Labute approximate surface area is 211 Å². The number of hydrogen-bond donors (Lipinski definition) is 1. The highest BCUT2D eigenvalue weighted by Gasteiger charge is 2.27. The van der Waals surface area contributed by atoms with Crippen LogP contribution in [0.15, 0.2) is 36.4 Å². The first-order valence-corrected chi connectivity index (χ1v) is 12.3. The summed E-state index contributed by atoms with van der Waals surface area (Å²) in [5, 5.41) is 2.54. The summed E-state index contributed by atoms with van der Waals surface area (Å²) >= 11 is 0. The van der Waals surface area contributed by atoms with E-state index < -0.39 is 18.0 Å². The van der Waals surface area contributed by atoms with Crippen LogP contribution in [0.5, 0.6) is 17.2 Å². The topological polar surface area (TPSA) is 103 Å². The molecule has 0 saturated heterocycles. The molecule has 194 valence electrons. The van der Waals surface area contributed by atoms with Gasteiger partial charge in [0.15, 0.2) is 17.6 Å². The smallest absolute Gasteiger partial charge is 0.326 e. The molecule has 0 saturated carbocycles. The van der Waals surface area contributed by atoms with Crippen LogP contribution in [0, 0.1) is 0 Å². The van der Waals surface area contributed by atoms with Crippen LogP contribution in [0.2, 0.25) is 0 Å². The van der Waals surface area contributed by atoms with E-state index in [1.165, 1.54) is 24.6 Å². The number of rotatable bonds is 11. The molecule has 2 aromatic carbocycles. The SMILES string of the molecule is CCOc1cc(C(=O)NCC(=O)O[C@H](C)C(=O)N2CCc3ccccc3C2)cc(OCC)c1OCC. The number of benzene rings is 2. The fraction of sp³-hybridized carbons (Fsp3) is 0.444. The Morgan fingerprint density at radius 1 is 0.944 bits per heavy atom. The summed E-state index contributed by atoms with van der Waals surface area (Å²) < 4.78 is 22.2. The van der Waals surface area contributed by atoms with Gasteiger partial charge in [-0.15, -0.1) is 0 Å². The zero-order valence-corrected chi connectivity index (χ0v) is 21.3. The molecule has 2 amide bonds. The van der Waals surface area contributed by atoms with Crippen molar-refractivity contribution in [1.29, 1.82) is 0 Å². The number of carbonyl (C=O) groups is 3. The number of fused-ring (bicyclic) bond motifs is 1. The van der Waals surface area contributed by atoms with E-state index in [9.17, 15) is 14.4 Å². The van der Waals surface area contributed by atoms with Crippen LogP contribution in [0.1, 0.15) is 49.2 Å². The summed E-state index contributed by atoms with van der Waals surface area (Å²) in [6, 6.07) is 11.1. The molecule has 9 nitrogen and oxygen atoms in total. The summed E-state index contributed by atoms with van der Waals surface area (Å²) in [5.41, 5.74) is 2.56. The van der Waals surface area contributed by atoms with Crippen molar-refractivity contribution in [2.24, 2.45) is 0 Å². The highest BCUT2D eigenvalue weighted by atomic mass is 16.6. The summed E-state index contributed by atoms with van der Waals surface area (Å²) in [6.07, 6.45) is -0.201. The Morgan fingerprint density at radius 3 is 2.17 bits per heavy atom. The molecule has 1 heterocycles.